The number of nitrogens with one attached hydrogen (secondary N) is 1. The summed E-state index contributed by atoms with van der Waals surface area (Å²) in [6.07, 6.45) is 3.41. The Bertz CT molecular complexity index is 1120. The normalized spacial score (nSPS) is 24.7. The Morgan fingerprint density at radius 2 is 1.88 bits per heavy atom. The zero-order valence-electron chi connectivity index (χ0n) is 19.9. The van der Waals surface area contributed by atoms with Crippen LogP contribution in [-0.4, -0.2) is 52.8 Å². The van der Waals surface area contributed by atoms with Crippen LogP contribution in [0, 0.1) is 5.92 Å². The van der Waals surface area contributed by atoms with Crippen LogP contribution in [0.3, 0.4) is 0 Å². The van der Waals surface area contributed by atoms with Gasteiger partial charge in [0.2, 0.25) is 11.8 Å². The second-order valence-electron chi connectivity index (χ2n) is 10.1. The lowest BCUT2D eigenvalue weighted by atomic mass is 9.98. The van der Waals surface area contributed by atoms with Crippen molar-refractivity contribution < 1.29 is 14.4 Å². The minimum absolute atomic E-state index is 0.0217. The van der Waals surface area contributed by atoms with Gasteiger partial charge in [0.05, 0.1) is 11.3 Å². The van der Waals surface area contributed by atoms with Crippen molar-refractivity contribution >= 4 is 29.1 Å². The largest absolute Gasteiger partial charge is 0.325 e. The van der Waals surface area contributed by atoms with Crippen molar-refractivity contribution in [3.8, 4) is 0 Å². The summed E-state index contributed by atoms with van der Waals surface area (Å²) in [5.41, 5.74) is 2.18. The fourth-order valence-electron chi connectivity index (χ4n) is 5.67. The van der Waals surface area contributed by atoms with Crippen molar-refractivity contribution in [1.82, 2.24) is 9.80 Å². The quantitative estimate of drug-likeness (QED) is 0.736. The van der Waals surface area contributed by atoms with Gasteiger partial charge in [0.1, 0.15) is 12.2 Å². The average molecular weight is 461 g/mol. The molecule has 0 bridgehead atoms. The molecule has 178 valence electrons. The second-order valence-corrected chi connectivity index (χ2v) is 10.1. The van der Waals surface area contributed by atoms with E-state index < -0.39 is 5.66 Å². The smallest absolute Gasteiger partial charge is 0.258 e. The highest BCUT2D eigenvalue weighted by molar-refractivity contribution is 6.11. The number of para-hydroxylation sites is 1. The highest BCUT2D eigenvalue weighted by Crippen LogP contribution is 2.43. The number of rotatable bonds is 5. The summed E-state index contributed by atoms with van der Waals surface area (Å²) in [4.78, 5) is 44.7. The molecule has 3 aliphatic heterocycles. The number of carbonyl (C=O) groups is 3. The van der Waals surface area contributed by atoms with E-state index in [0.717, 1.165) is 25.6 Å². The highest BCUT2D eigenvalue weighted by Gasteiger charge is 2.53. The fraction of sp³-hybridized carbons (Fsp3) is 0.444. The zero-order chi connectivity index (χ0) is 23.9. The van der Waals surface area contributed by atoms with Crippen molar-refractivity contribution in [2.24, 2.45) is 5.92 Å². The molecular weight excluding hydrogens is 428 g/mol. The minimum atomic E-state index is -0.838. The topological polar surface area (TPSA) is 73.0 Å². The molecule has 5 rings (SSSR count). The molecule has 0 aromatic heterocycles. The van der Waals surface area contributed by atoms with Gasteiger partial charge in [0.25, 0.3) is 5.91 Å². The Labute approximate surface area is 200 Å². The molecule has 2 unspecified atom stereocenters. The molecule has 0 saturated carbocycles. The van der Waals surface area contributed by atoms with Gasteiger partial charge < -0.3 is 10.2 Å². The van der Waals surface area contributed by atoms with Crippen LogP contribution in [0.1, 0.15) is 55.5 Å². The SMILES string of the molecule is CC1CCCN(Cc2ccc(NC(=O)CN3C(=O)c4ccccc4N4C(=O)CCC34C)cc2)C1. The summed E-state index contributed by atoms with van der Waals surface area (Å²) in [5, 5.41) is 2.93. The van der Waals surface area contributed by atoms with Gasteiger partial charge in [0, 0.05) is 25.2 Å². The van der Waals surface area contributed by atoms with Gasteiger partial charge in [0.15, 0.2) is 0 Å². The first-order chi connectivity index (χ1) is 16.3. The van der Waals surface area contributed by atoms with Crippen LogP contribution in [-0.2, 0) is 16.1 Å². The lowest BCUT2D eigenvalue weighted by Gasteiger charge is -2.48. The Hall–Kier alpha value is -3.19. The third-order valence-electron chi connectivity index (χ3n) is 7.43. The van der Waals surface area contributed by atoms with Gasteiger partial charge in [-0.1, -0.05) is 31.2 Å². The maximum Gasteiger partial charge on any atom is 0.258 e. The number of fused-ring (bicyclic) bond motifs is 3. The van der Waals surface area contributed by atoms with Crippen LogP contribution in [0.4, 0.5) is 11.4 Å². The van der Waals surface area contributed by atoms with Crippen molar-refractivity contribution in [2.75, 3.05) is 29.9 Å². The molecule has 3 aliphatic rings. The number of hydrogen-bond donors (Lipinski definition) is 1. The Kier molecular flexibility index (Phi) is 5.90. The van der Waals surface area contributed by atoms with Crippen LogP contribution < -0.4 is 10.2 Å². The highest BCUT2D eigenvalue weighted by atomic mass is 16.2. The zero-order valence-corrected chi connectivity index (χ0v) is 19.9. The number of nitrogens with zero attached hydrogens (tertiary/aromatic N) is 3. The van der Waals surface area contributed by atoms with E-state index >= 15 is 0 Å². The summed E-state index contributed by atoms with van der Waals surface area (Å²) in [5.74, 6) is 0.229. The standard InChI is InChI=1S/C27H32N4O3/c1-19-6-5-15-29(16-19)17-20-9-11-21(12-10-20)28-24(32)18-30-26(34)22-7-3-4-8-23(22)31-25(33)13-14-27(30,31)2/h3-4,7-12,19H,5-6,13-18H2,1-2H3,(H,28,32). The maximum atomic E-state index is 13.3. The maximum absolute atomic E-state index is 13.3. The van der Waals surface area contributed by atoms with Crippen LogP contribution >= 0.6 is 0 Å². The van der Waals surface area contributed by atoms with Gasteiger partial charge in [-0.3, -0.25) is 24.2 Å². The fourth-order valence-corrected chi connectivity index (χ4v) is 5.67. The van der Waals surface area contributed by atoms with E-state index in [9.17, 15) is 14.4 Å². The summed E-state index contributed by atoms with van der Waals surface area (Å²) < 4.78 is 0. The number of amides is 3. The molecule has 7 heteroatoms. The van der Waals surface area contributed by atoms with Gasteiger partial charge >= 0.3 is 0 Å². The molecule has 7 nitrogen and oxygen atoms in total. The van der Waals surface area contributed by atoms with Crippen molar-refractivity contribution in [3.05, 3.63) is 59.7 Å². The van der Waals surface area contributed by atoms with Crippen LogP contribution in [0.2, 0.25) is 0 Å². The monoisotopic (exact) mass is 460 g/mol. The first kappa shape index (κ1) is 22.6. The number of carbonyl (C=O) groups excluding carboxylic acids is 3. The molecule has 2 aromatic carbocycles. The summed E-state index contributed by atoms with van der Waals surface area (Å²) >= 11 is 0. The Morgan fingerprint density at radius 3 is 2.65 bits per heavy atom. The molecule has 2 saturated heterocycles. The van der Waals surface area contributed by atoms with E-state index in [4.69, 9.17) is 0 Å². The first-order valence-corrected chi connectivity index (χ1v) is 12.2. The molecule has 3 amide bonds. The predicted octanol–water partition coefficient (Wildman–Crippen LogP) is 3.86. The van der Waals surface area contributed by atoms with Crippen molar-refractivity contribution in [1.29, 1.82) is 0 Å². The van der Waals surface area contributed by atoms with E-state index in [1.54, 1.807) is 28.0 Å². The third-order valence-corrected chi connectivity index (χ3v) is 7.43. The lowest BCUT2D eigenvalue weighted by molar-refractivity contribution is -0.120. The second kappa shape index (κ2) is 8.87. The molecule has 2 aromatic rings. The molecule has 2 atom stereocenters. The Morgan fingerprint density at radius 1 is 1.12 bits per heavy atom. The van der Waals surface area contributed by atoms with E-state index in [1.165, 1.54) is 18.4 Å². The molecule has 0 spiro atoms. The Balaban J connectivity index is 1.27. The van der Waals surface area contributed by atoms with Crippen LogP contribution in [0.5, 0.6) is 0 Å². The van der Waals surface area contributed by atoms with E-state index in [2.05, 4.69) is 29.3 Å². The summed E-state index contributed by atoms with van der Waals surface area (Å²) in [7, 11) is 0. The first-order valence-electron chi connectivity index (χ1n) is 12.2. The molecular formula is C27H32N4O3. The molecule has 34 heavy (non-hydrogen) atoms. The third kappa shape index (κ3) is 4.09. The number of likely N-dealkylation sites (tertiary alicyclic amines) is 1. The molecule has 2 fully saturated rings. The van der Waals surface area contributed by atoms with Gasteiger partial charge in [-0.25, -0.2) is 0 Å². The molecule has 1 N–H and O–H groups in total. The van der Waals surface area contributed by atoms with Crippen LogP contribution in [0.15, 0.2) is 48.5 Å². The summed E-state index contributed by atoms with van der Waals surface area (Å²) in [6, 6.07) is 15.1. The number of hydrogen-bond acceptors (Lipinski definition) is 4. The van der Waals surface area contributed by atoms with Crippen molar-refractivity contribution in [3.63, 3.8) is 0 Å². The van der Waals surface area contributed by atoms with E-state index in [1.807, 2.05) is 25.1 Å². The van der Waals surface area contributed by atoms with Gasteiger partial charge in [-0.2, -0.15) is 0 Å². The number of piperidine rings is 1. The molecule has 0 aliphatic carbocycles. The molecule has 3 heterocycles. The number of benzene rings is 2. The lowest BCUT2D eigenvalue weighted by Crippen LogP contribution is -2.63. The van der Waals surface area contributed by atoms with Crippen LogP contribution in [0.25, 0.3) is 0 Å². The minimum Gasteiger partial charge on any atom is -0.325 e. The summed E-state index contributed by atoms with van der Waals surface area (Å²) in [6.45, 7) is 7.24. The van der Waals surface area contributed by atoms with Gasteiger partial charge in [-0.15, -0.1) is 0 Å². The number of anilines is 2. The molecule has 0 radical (unpaired) electrons. The van der Waals surface area contributed by atoms with Crippen molar-refractivity contribution in [2.45, 2.75) is 51.7 Å². The van der Waals surface area contributed by atoms with E-state index in [0.29, 0.717) is 29.8 Å². The van der Waals surface area contributed by atoms with Gasteiger partial charge in [-0.05, 0) is 68.5 Å². The average Bonchev–Trinajstić information content (AvgIpc) is 3.13. The predicted molar refractivity (Wildman–Crippen MR) is 131 cm³/mol. The van der Waals surface area contributed by atoms with E-state index in [-0.39, 0.29) is 24.3 Å².